The normalized spacial score (nSPS) is 25.4. The number of hydrogen-bond donors (Lipinski definition) is 0. The van der Waals surface area contributed by atoms with E-state index in [9.17, 15) is 8.42 Å². The van der Waals surface area contributed by atoms with Crippen LogP contribution in [0.5, 0.6) is 5.75 Å². The summed E-state index contributed by atoms with van der Waals surface area (Å²) in [7, 11) is -2.15. The SMILES string of the molecule is COc1ccc(C2OCC2C#CC2CC[C@@H](COS(=O)(=O)c3ccc(C)cc3)O2)cc1. The molecule has 0 aliphatic carbocycles. The quantitative estimate of drug-likeness (QED) is 0.502. The van der Waals surface area contributed by atoms with E-state index in [0.29, 0.717) is 13.0 Å². The summed E-state index contributed by atoms with van der Waals surface area (Å²) in [6.45, 7) is 2.49. The second-order valence-electron chi connectivity index (χ2n) is 7.80. The van der Waals surface area contributed by atoms with E-state index in [1.807, 2.05) is 31.2 Å². The molecule has 6 nitrogen and oxygen atoms in total. The summed E-state index contributed by atoms with van der Waals surface area (Å²) in [5, 5.41) is 0. The van der Waals surface area contributed by atoms with E-state index in [0.717, 1.165) is 23.3 Å². The van der Waals surface area contributed by atoms with Crippen molar-refractivity contribution < 1.29 is 26.8 Å². The van der Waals surface area contributed by atoms with Gasteiger partial charge in [0.1, 0.15) is 11.9 Å². The van der Waals surface area contributed by atoms with Gasteiger partial charge in [0.15, 0.2) is 0 Å². The maximum absolute atomic E-state index is 12.3. The molecule has 0 amide bonds. The number of ether oxygens (including phenoxy) is 3. The fraction of sp³-hybridized carbons (Fsp3) is 0.417. The molecule has 31 heavy (non-hydrogen) atoms. The van der Waals surface area contributed by atoms with Gasteiger partial charge >= 0.3 is 0 Å². The molecule has 0 saturated carbocycles. The van der Waals surface area contributed by atoms with Crippen LogP contribution in [0, 0.1) is 24.7 Å². The van der Waals surface area contributed by atoms with Gasteiger partial charge in [0.2, 0.25) is 0 Å². The molecule has 164 valence electrons. The Morgan fingerprint density at radius 1 is 1.03 bits per heavy atom. The summed E-state index contributed by atoms with van der Waals surface area (Å²) < 4.78 is 46.6. The lowest BCUT2D eigenvalue weighted by atomic mass is 9.92. The number of benzene rings is 2. The van der Waals surface area contributed by atoms with Crippen molar-refractivity contribution in [3.8, 4) is 17.6 Å². The Labute approximate surface area is 183 Å². The van der Waals surface area contributed by atoms with Crippen molar-refractivity contribution in [1.82, 2.24) is 0 Å². The van der Waals surface area contributed by atoms with Gasteiger partial charge in [-0.2, -0.15) is 8.42 Å². The van der Waals surface area contributed by atoms with Crippen molar-refractivity contribution in [2.75, 3.05) is 20.3 Å². The molecule has 0 spiro atoms. The highest BCUT2D eigenvalue weighted by Gasteiger charge is 2.33. The largest absolute Gasteiger partial charge is 0.497 e. The molecule has 4 atom stereocenters. The van der Waals surface area contributed by atoms with E-state index in [1.165, 1.54) is 0 Å². The standard InChI is InChI=1S/C24H26O6S/c1-17-3-13-23(14-4-17)31(25,26)29-16-22-12-11-21(30-22)10-7-19-15-28-24(19)18-5-8-20(27-2)9-6-18/h3-6,8-9,13-14,19,21-22,24H,11-12,15-16H2,1-2H3/t19?,21?,22-,24?/m0/s1. The first-order valence-corrected chi connectivity index (χ1v) is 11.7. The van der Waals surface area contributed by atoms with Crippen LogP contribution < -0.4 is 4.74 Å². The van der Waals surface area contributed by atoms with Crippen LogP contribution in [0.4, 0.5) is 0 Å². The summed E-state index contributed by atoms with van der Waals surface area (Å²) in [4.78, 5) is 0.155. The van der Waals surface area contributed by atoms with E-state index in [4.69, 9.17) is 18.4 Å². The summed E-state index contributed by atoms with van der Waals surface area (Å²) in [6.07, 6.45) is 0.930. The van der Waals surface area contributed by atoms with Crippen molar-refractivity contribution in [3.05, 3.63) is 59.7 Å². The average Bonchev–Trinajstić information content (AvgIpc) is 3.20. The van der Waals surface area contributed by atoms with Gasteiger partial charge < -0.3 is 14.2 Å². The van der Waals surface area contributed by atoms with Gasteiger partial charge in [-0.25, -0.2) is 0 Å². The second kappa shape index (κ2) is 9.41. The van der Waals surface area contributed by atoms with E-state index in [2.05, 4.69) is 11.8 Å². The number of hydrogen-bond acceptors (Lipinski definition) is 6. The molecule has 0 N–H and O–H groups in total. The fourth-order valence-corrected chi connectivity index (χ4v) is 4.54. The molecule has 0 bridgehead atoms. The third-order valence-electron chi connectivity index (χ3n) is 5.52. The summed E-state index contributed by atoms with van der Waals surface area (Å²) in [5.74, 6) is 7.39. The Morgan fingerprint density at radius 3 is 2.42 bits per heavy atom. The minimum atomic E-state index is -3.79. The van der Waals surface area contributed by atoms with Crippen LogP contribution in [0.3, 0.4) is 0 Å². The zero-order chi connectivity index (χ0) is 21.8. The maximum Gasteiger partial charge on any atom is 0.297 e. The first kappa shape index (κ1) is 21.8. The van der Waals surface area contributed by atoms with Crippen LogP contribution in [0.15, 0.2) is 53.4 Å². The summed E-state index contributed by atoms with van der Waals surface area (Å²) in [6, 6.07) is 14.4. The first-order chi connectivity index (χ1) is 14.9. The van der Waals surface area contributed by atoms with Gasteiger partial charge in [-0.15, -0.1) is 0 Å². The molecular formula is C24H26O6S. The Bertz CT molecular complexity index is 1050. The monoisotopic (exact) mass is 442 g/mol. The van der Waals surface area contributed by atoms with Gasteiger partial charge in [-0.1, -0.05) is 41.7 Å². The third kappa shape index (κ3) is 5.28. The second-order valence-corrected chi connectivity index (χ2v) is 9.41. The highest BCUT2D eigenvalue weighted by molar-refractivity contribution is 7.86. The van der Waals surface area contributed by atoms with Crippen molar-refractivity contribution in [1.29, 1.82) is 0 Å². The maximum atomic E-state index is 12.3. The molecule has 2 saturated heterocycles. The van der Waals surface area contributed by atoms with Crippen molar-refractivity contribution >= 4 is 10.1 Å². The van der Waals surface area contributed by atoms with Gasteiger partial charge in [0.25, 0.3) is 10.1 Å². The van der Waals surface area contributed by atoms with Gasteiger partial charge in [-0.05, 0) is 49.6 Å². The molecule has 7 heteroatoms. The molecule has 2 aliphatic rings. The Balaban J connectivity index is 1.28. The molecule has 4 rings (SSSR count). The molecule has 0 radical (unpaired) electrons. The smallest absolute Gasteiger partial charge is 0.297 e. The minimum absolute atomic E-state index is 0.00456. The van der Waals surface area contributed by atoms with Crippen molar-refractivity contribution in [3.63, 3.8) is 0 Å². The highest BCUT2D eigenvalue weighted by Crippen LogP contribution is 2.36. The zero-order valence-corrected chi connectivity index (χ0v) is 18.4. The molecular weight excluding hydrogens is 416 g/mol. The predicted molar refractivity (Wildman–Crippen MR) is 115 cm³/mol. The Kier molecular flexibility index (Phi) is 6.63. The third-order valence-corrected chi connectivity index (χ3v) is 6.82. The Morgan fingerprint density at radius 2 is 1.77 bits per heavy atom. The lowest BCUT2D eigenvalue weighted by Gasteiger charge is -2.33. The van der Waals surface area contributed by atoms with E-state index >= 15 is 0 Å². The van der Waals surface area contributed by atoms with Gasteiger partial charge in [0.05, 0.1) is 43.3 Å². The first-order valence-electron chi connectivity index (χ1n) is 10.3. The van der Waals surface area contributed by atoms with Gasteiger partial charge in [0, 0.05) is 0 Å². The summed E-state index contributed by atoms with van der Waals surface area (Å²) in [5.41, 5.74) is 2.07. The Hall–Kier alpha value is -2.37. The van der Waals surface area contributed by atoms with E-state index in [-0.39, 0.29) is 35.7 Å². The molecule has 2 aliphatic heterocycles. The molecule has 2 heterocycles. The minimum Gasteiger partial charge on any atom is -0.497 e. The molecule has 0 aromatic heterocycles. The van der Waals surface area contributed by atoms with E-state index < -0.39 is 10.1 Å². The highest BCUT2D eigenvalue weighted by atomic mass is 32.2. The molecule has 2 aromatic rings. The van der Waals surface area contributed by atoms with Crippen molar-refractivity contribution in [2.24, 2.45) is 5.92 Å². The molecule has 3 unspecified atom stereocenters. The van der Waals surface area contributed by atoms with E-state index in [1.54, 1.807) is 31.4 Å². The molecule has 2 aromatic carbocycles. The van der Waals surface area contributed by atoms with Crippen LogP contribution in [0.25, 0.3) is 0 Å². The lowest BCUT2D eigenvalue weighted by Crippen LogP contribution is -2.31. The topological polar surface area (TPSA) is 71.1 Å². The van der Waals surface area contributed by atoms with Crippen LogP contribution >= 0.6 is 0 Å². The number of methoxy groups -OCH3 is 1. The van der Waals surface area contributed by atoms with Crippen LogP contribution in [0.1, 0.15) is 30.1 Å². The number of aryl methyl sites for hydroxylation is 1. The van der Waals surface area contributed by atoms with Crippen LogP contribution in [-0.2, 0) is 23.8 Å². The summed E-state index contributed by atoms with van der Waals surface area (Å²) >= 11 is 0. The van der Waals surface area contributed by atoms with Crippen LogP contribution in [0.2, 0.25) is 0 Å². The van der Waals surface area contributed by atoms with Gasteiger partial charge in [-0.3, -0.25) is 4.18 Å². The number of rotatable bonds is 6. The van der Waals surface area contributed by atoms with Crippen LogP contribution in [-0.4, -0.2) is 40.9 Å². The van der Waals surface area contributed by atoms with Crippen molar-refractivity contribution in [2.45, 2.75) is 43.0 Å². The lowest BCUT2D eigenvalue weighted by molar-refractivity contribution is -0.0915. The fourth-order valence-electron chi connectivity index (χ4n) is 3.60. The average molecular weight is 443 g/mol. The zero-order valence-electron chi connectivity index (χ0n) is 17.6. The predicted octanol–water partition coefficient (Wildman–Crippen LogP) is 3.65. The molecule has 2 fully saturated rings.